The first-order chi connectivity index (χ1) is 10.2. The largest absolute Gasteiger partial charge is 0.399 e. The molecule has 4 N–H and O–H groups in total. The van der Waals surface area contributed by atoms with Crippen LogP contribution in [0.3, 0.4) is 0 Å². The number of aliphatic hydroxyl groups is 1. The van der Waals surface area contributed by atoms with E-state index in [0.29, 0.717) is 6.04 Å². The Balaban J connectivity index is 1.59. The van der Waals surface area contributed by atoms with Crippen molar-refractivity contribution in [3.8, 4) is 0 Å². The van der Waals surface area contributed by atoms with Crippen LogP contribution in [0.4, 0.5) is 5.69 Å². The third-order valence-corrected chi connectivity index (χ3v) is 4.26. The van der Waals surface area contributed by atoms with Crippen molar-refractivity contribution in [1.82, 2.24) is 5.32 Å². The summed E-state index contributed by atoms with van der Waals surface area (Å²) < 4.78 is 0. The molecule has 1 heterocycles. The third kappa shape index (κ3) is 3.43. The zero-order valence-electron chi connectivity index (χ0n) is 12.1. The van der Waals surface area contributed by atoms with Crippen LogP contribution in [0.1, 0.15) is 30.1 Å². The minimum absolute atomic E-state index is 0.145. The quantitative estimate of drug-likeness (QED) is 0.756. The Morgan fingerprint density at radius 3 is 2.48 bits per heavy atom. The maximum Gasteiger partial charge on any atom is 0.0943 e. The Morgan fingerprint density at radius 2 is 1.76 bits per heavy atom. The van der Waals surface area contributed by atoms with Gasteiger partial charge in [-0.05, 0) is 42.5 Å². The van der Waals surface area contributed by atoms with E-state index in [9.17, 15) is 5.11 Å². The SMILES string of the molecule is Nc1ccc(C[C@H]2CC[C@H]([C@H](O)c3ccccc3)N2)cc1. The minimum Gasteiger partial charge on any atom is -0.399 e. The van der Waals surface area contributed by atoms with Crippen molar-refractivity contribution in [2.75, 3.05) is 5.73 Å². The summed E-state index contributed by atoms with van der Waals surface area (Å²) in [6, 6.07) is 18.5. The maximum atomic E-state index is 10.5. The second-order valence-electron chi connectivity index (χ2n) is 5.85. The molecule has 1 aliphatic heterocycles. The highest BCUT2D eigenvalue weighted by atomic mass is 16.3. The molecule has 1 fully saturated rings. The zero-order valence-corrected chi connectivity index (χ0v) is 12.1. The van der Waals surface area contributed by atoms with Gasteiger partial charge >= 0.3 is 0 Å². The van der Waals surface area contributed by atoms with Gasteiger partial charge in [0.2, 0.25) is 0 Å². The third-order valence-electron chi connectivity index (χ3n) is 4.26. The first kappa shape index (κ1) is 14.1. The van der Waals surface area contributed by atoms with E-state index in [-0.39, 0.29) is 6.04 Å². The highest BCUT2D eigenvalue weighted by Gasteiger charge is 2.29. The van der Waals surface area contributed by atoms with Crippen LogP contribution in [0.2, 0.25) is 0 Å². The molecule has 0 amide bonds. The van der Waals surface area contributed by atoms with Crippen LogP contribution in [0.15, 0.2) is 54.6 Å². The Hall–Kier alpha value is -1.84. The predicted molar refractivity (Wildman–Crippen MR) is 85.9 cm³/mol. The van der Waals surface area contributed by atoms with E-state index < -0.39 is 6.10 Å². The minimum atomic E-state index is -0.428. The average Bonchev–Trinajstić information content (AvgIpc) is 2.98. The van der Waals surface area contributed by atoms with E-state index in [1.54, 1.807) is 0 Å². The fourth-order valence-corrected chi connectivity index (χ4v) is 3.08. The smallest absolute Gasteiger partial charge is 0.0943 e. The Kier molecular flexibility index (Phi) is 4.23. The van der Waals surface area contributed by atoms with Crippen molar-refractivity contribution in [2.24, 2.45) is 0 Å². The molecule has 0 spiro atoms. The molecule has 3 atom stereocenters. The van der Waals surface area contributed by atoms with Crippen LogP contribution >= 0.6 is 0 Å². The summed E-state index contributed by atoms with van der Waals surface area (Å²) in [5, 5.41) is 14.0. The summed E-state index contributed by atoms with van der Waals surface area (Å²) in [7, 11) is 0. The van der Waals surface area contributed by atoms with E-state index in [2.05, 4.69) is 17.4 Å². The maximum absolute atomic E-state index is 10.5. The molecule has 110 valence electrons. The van der Waals surface area contributed by atoms with E-state index >= 15 is 0 Å². The Morgan fingerprint density at radius 1 is 1.05 bits per heavy atom. The van der Waals surface area contributed by atoms with E-state index in [0.717, 1.165) is 30.5 Å². The fraction of sp³-hybridized carbons (Fsp3) is 0.333. The number of nitrogen functional groups attached to an aromatic ring is 1. The molecule has 3 nitrogen and oxygen atoms in total. The molecule has 0 aliphatic carbocycles. The lowest BCUT2D eigenvalue weighted by Crippen LogP contribution is -2.35. The summed E-state index contributed by atoms with van der Waals surface area (Å²) in [5.41, 5.74) is 8.79. The predicted octanol–water partition coefficient (Wildman–Crippen LogP) is 2.67. The van der Waals surface area contributed by atoms with E-state index in [4.69, 9.17) is 5.73 Å². The second kappa shape index (κ2) is 6.29. The number of hydrogen-bond acceptors (Lipinski definition) is 3. The average molecular weight is 282 g/mol. The molecule has 2 aromatic carbocycles. The number of anilines is 1. The van der Waals surface area contributed by atoms with Crippen molar-refractivity contribution in [1.29, 1.82) is 0 Å². The normalized spacial score (nSPS) is 23.1. The molecule has 3 rings (SSSR count). The van der Waals surface area contributed by atoms with Crippen LogP contribution in [-0.2, 0) is 6.42 Å². The molecule has 0 aromatic heterocycles. The van der Waals surface area contributed by atoms with Crippen LogP contribution in [-0.4, -0.2) is 17.2 Å². The number of benzene rings is 2. The molecule has 2 aromatic rings. The summed E-state index contributed by atoms with van der Waals surface area (Å²) in [6.07, 6.45) is 2.66. The number of nitrogens with two attached hydrogens (primary N) is 1. The van der Waals surface area contributed by atoms with Crippen LogP contribution in [0.5, 0.6) is 0 Å². The van der Waals surface area contributed by atoms with E-state index in [1.807, 2.05) is 42.5 Å². The number of rotatable bonds is 4. The van der Waals surface area contributed by atoms with Crippen molar-refractivity contribution >= 4 is 5.69 Å². The first-order valence-electron chi connectivity index (χ1n) is 7.56. The zero-order chi connectivity index (χ0) is 14.7. The Labute approximate surface area is 125 Å². The first-order valence-corrected chi connectivity index (χ1v) is 7.56. The summed E-state index contributed by atoms with van der Waals surface area (Å²) >= 11 is 0. The molecular weight excluding hydrogens is 260 g/mol. The van der Waals surface area contributed by atoms with Gasteiger partial charge in [0.05, 0.1) is 6.10 Å². The highest BCUT2D eigenvalue weighted by Crippen LogP contribution is 2.26. The van der Waals surface area contributed by atoms with Crippen molar-refractivity contribution in [3.63, 3.8) is 0 Å². The van der Waals surface area contributed by atoms with E-state index in [1.165, 1.54) is 5.56 Å². The highest BCUT2D eigenvalue weighted by molar-refractivity contribution is 5.39. The van der Waals surface area contributed by atoms with Gasteiger partial charge in [0.15, 0.2) is 0 Å². The molecule has 0 unspecified atom stereocenters. The van der Waals surface area contributed by atoms with Gasteiger partial charge < -0.3 is 16.2 Å². The van der Waals surface area contributed by atoms with Crippen LogP contribution < -0.4 is 11.1 Å². The Bertz CT molecular complexity index is 568. The molecule has 0 bridgehead atoms. The summed E-state index contributed by atoms with van der Waals surface area (Å²) in [6.45, 7) is 0. The molecule has 21 heavy (non-hydrogen) atoms. The van der Waals surface area contributed by atoms with Gasteiger partial charge in [0.1, 0.15) is 0 Å². The lowest BCUT2D eigenvalue weighted by molar-refractivity contribution is 0.135. The van der Waals surface area contributed by atoms with Gasteiger partial charge in [0, 0.05) is 17.8 Å². The molecule has 1 aliphatic rings. The monoisotopic (exact) mass is 282 g/mol. The number of hydrogen-bond donors (Lipinski definition) is 3. The lowest BCUT2D eigenvalue weighted by atomic mass is 10.0. The molecule has 3 heteroatoms. The van der Waals surface area contributed by atoms with Gasteiger partial charge in [-0.3, -0.25) is 0 Å². The van der Waals surface area contributed by atoms with Crippen LogP contribution in [0.25, 0.3) is 0 Å². The summed E-state index contributed by atoms with van der Waals surface area (Å²) in [5.74, 6) is 0. The van der Waals surface area contributed by atoms with Gasteiger partial charge in [0.25, 0.3) is 0 Å². The summed E-state index contributed by atoms with van der Waals surface area (Å²) in [4.78, 5) is 0. The van der Waals surface area contributed by atoms with Crippen molar-refractivity contribution < 1.29 is 5.11 Å². The molecule has 1 saturated heterocycles. The molecule has 0 radical (unpaired) electrons. The second-order valence-corrected chi connectivity index (χ2v) is 5.85. The van der Waals surface area contributed by atoms with Crippen molar-refractivity contribution in [2.45, 2.75) is 37.5 Å². The standard InChI is InChI=1S/C18H22N2O/c19-15-8-6-13(7-9-15)12-16-10-11-17(20-16)18(21)14-4-2-1-3-5-14/h1-9,16-18,20-21H,10-12,19H2/t16-,17-,18-/m1/s1. The molecule has 0 saturated carbocycles. The number of aliphatic hydroxyl groups excluding tert-OH is 1. The van der Waals surface area contributed by atoms with Crippen molar-refractivity contribution in [3.05, 3.63) is 65.7 Å². The number of nitrogens with one attached hydrogen (secondary N) is 1. The van der Waals surface area contributed by atoms with Crippen LogP contribution in [0, 0.1) is 0 Å². The van der Waals surface area contributed by atoms with Gasteiger partial charge in [-0.15, -0.1) is 0 Å². The van der Waals surface area contributed by atoms with Gasteiger partial charge in [-0.25, -0.2) is 0 Å². The topological polar surface area (TPSA) is 58.3 Å². The van der Waals surface area contributed by atoms with Gasteiger partial charge in [-0.2, -0.15) is 0 Å². The van der Waals surface area contributed by atoms with Gasteiger partial charge in [-0.1, -0.05) is 42.5 Å². The fourth-order valence-electron chi connectivity index (χ4n) is 3.08. The molecular formula is C18H22N2O. The lowest BCUT2D eigenvalue weighted by Gasteiger charge is -2.20.